The van der Waals surface area contributed by atoms with Gasteiger partial charge in [0.15, 0.2) is 0 Å². The molecular weight excluding hydrogens is 200 g/mol. The predicted molar refractivity (Wildman–Crippen MR) is 70.2 cm³/mol. The van der Waals surface area contributed by atoms with Gasteiger partial charge in [0.1, 0.15) is 16.9 Å². The van der Waals surface area contributed by atoms with Crippen molar-refractivity contribution in [2.45, 2.75) is 26.2 Å². The zero-order valence-corrected chi connectivity index (χ0v) is 11.6. The molecule has 0 nitrogen and oxygen atoms in total. The monoisotopic (exact) mass is 218 g/mol. The fraction of sp³-hybridized carbons (Fsp3) is 0.333. The van der Waals surface area contributed by atoms with Crippen molar-refractivity contribution in [2.24, 2.45) is 0 Å². The fourth-order valence-electron chi connectivity index (χ4n) is 1.15. The first-order chi connectivity index (χ1) is 6.49. The summed E-state index contributed by atoms with van der Waals surface area (Å²) >= 11 is 0. The normalized spacial score (nSPS) is 12.9. The Labute approximate surface area is 90.0 Å². The molecular formula is C12H18Si2. The van der Waals surface area contributed by atoms with Crippen molar-refractivity contribution in [3.05, 3.63) is 30.3 Å². The zero-order valence-electron chi connectivity index (χ0n) is 9.46. The molecule has 0 radical (unpaired) electrons. The first-order valence-corrected chi connectivity index (χ1v) is 10.9. The van der Waals surface area contributed by atoms with Crippen LogP contribution in [0.15, 0.2) is 30.3 Å². The SMILES string of the molecule is C[SiH](C#C[Si](C)(C)C)c1ccccc1. The highest BCUT2D eigenvalue weighted by atomic mass is 28.3. The van der Waals surface area contributed by atoms with Gasteiger partial charge in [-0.2, -0.15) is 0 Å². The van der Waals surface area contributed by atoms with E-state index in [0.717, 1.165) is 0 Å². The number of benzene rings is 1. The van der Waals surface area contributed by atoms with E-state index in [1.165, 1.54) is 5.19 Å². The Balaban J connectivity index is 2.76. The van der Waals surface area contributed by atoms with Gasteiger partial charge in [0.2, 0.25) is 0 Å². The minimum absolute atomic E-state index is 0.987. The van der Waals surface area contributed by atoms with Gasteiger partial charge in [-0.15, -0.1) is 11.1 Å². The van der Waals surface area contributed by atoms with Crippen LogP contribution in [0.2, 0.25) is 26.2 Å². The van der Waals surface area contributed by atoms with Gasteiger partial charge >= 0.3 is 0 Å². The van der Waals surface area contributed by atoms with Crippen LogP contribution in [0.3, 0.4) is 0 Å². The average Bonchev–Trinajstić information content (AvgIpc) is 2.14. The first kappa shape index (κ1) is 11.3. The summed E-state index contributed by atoms with van der Waals surface area (Å²) in [6.07, 6.45) is 0. The van der Waals surface area contributed by atoms with Crippen LogP contribution in [0.4, 0.5) is 0 Å². The van der Waals surface area contributed by atoms with E-state index in [1.54, 1.807) is 0 Å². The Hall–Kier alpha value is -0.786. The number of hydrogen-bond acceptors (Lipinski definition) is 0. The molecule has 0 fully saturated rings. The van der Waals surface area contributed by atoms with Crippen LogP contribution in [0.1, 0.15) is 0 Å². The second-order valence-corrected chi connectivity index (χ2v) is 11.8. The molecule has 14 heavy (non-hydrogen) atoms. The number of hydrogen-bond donors (Lipinski definition) is 0. The van der Waals surface area contributed by atoms with Crippen molar-refractivity contribution in [3.8, 4) is 11.1 Å². The Kier molecular flexibility index (Phi) is 3.73. The molecule has 0 aliphatic rings. The lowest BCUT2D eigenvalue weighted by atomic mass is 10.4. The average molecular weight is 218 g/mol. The van der Waals surface area contributed by atoms with Crippen molar-refractivity contribution in [3.63, 3.8) is 0 Å². The summed E-state index contributed by atoms with van der Waals surface area (Å²) in [6, 6.07) is 10.7. The second kappa shape index (κ2) is 4.63. The maximum Gasteiger partial charge on any atom is 0.149 e. The van der Waals surface area contributed by atoms with Crippen LogP contribution >= 0.6 is 0 Å². The van der Waals surface area contributed by atoms with Gasteiger partial charge < -0.3 is 0 Å². The Bertz CT molecular complexity index is 338. The molecule has 1 aromatic rings. The van der Waals surface area contributed by atoms with E-state index in [-0.39, 0.29) is 0 Å². The quantitative estimate of drug-likeness (QED) is 0.501. The topological polar surface area (TPSA) is 0 Å². The van der Waals surface area contributed by atoms with Crippen LogP contribution in [0.5, 0.6) is 0 Å². The van der Waals surface area contributed by atoms with Crippen LogP contribution in [-0.4, -0.2) is 16.9 Å². The standard InChI is InChI=1S/C12H18Si2/c1-13(10-11-14(2,3)4)12-8-6-5-7-9-12/h5-9,13H,1-4H3. The largest absolute Gasteiger partial charge is 0.149 e. The Morgan fingerprint density at radius 1 is 1.07 bits per heavy atom. The summed E-state index contributed by atoms with van der Waals surface area (Å²) in [7, 11) is -2.17. The first-order valence-electron chi connectivity index (χ1n) is 5.07. The molecule has 0 spiro atoms. The molecule has 0 aliphatic carbocycles. The van der Waals surface area contributed by atoms with Gasteiger partial charge in [-0.1, -0.05) is 56.5 Å². The lowest BCUT2D eigenvalue weighted by molar-refractivity contribution is 1.76. The number of rotatable bonds is 1. The highest BCUT2D eigenvalue weighted by Gasteiger charge is 2.09. The third-order valence-corrected chi connectivity index (χ3v) is 5.11. The molecule has 2 heteroatoms. The summed E-state index contributed by atoms with van der Waals surface area (Å²) in [6.45, 7) is 9.20. The molecule has 0 N–H and O–H groups in total. The lowest BCUT2D eigenvalue weighted by Gasteiger charge is -2.06. The van der Waals surface area contributed by atoms with E-state index in [0.29, 0.717) is 0 Å². The van der Waals surface area contributed by atoms with E-state index < -0.39 is 16.9 Å². The van der Waals surface area contributed by atoms with Crippen molar-refractivity contribution >= 4 is 22.1 Å². The molecule has 0 aromatic heterocycles. The van der Waals surface area contributed by atoms with Gasteiger partial charge in [-0.3, -0.25) is 0 Å². The van der Waals surface area contributed by atoms with Crippen molar-refractivity contribution in [2.75, 3.05) is 0 Å². The molecule has 74 valence electrons. The fourth-order valence-corrected chi connectivity index (χ4v) is 4.71. The van der Waals surface area contributed by atoms with Gasteiger partial charge in [0.05, 0.1) is 0 Å². The van der Waals surface area contributed by atoms with E-state index in [2.05, 4.69) is 67.6 Å². The van der Waals surface area contributed by atoms with Crippen LogP contribution in [0, 0.1) is 11.1 Å². The van der Waals surface area contributed by atoms with E-state index >= 15 is 0 Å². The van der Waals surface area contributed by atoms with Crippen molar-refractivity contribution in [1.29, 1.82) is 0 Å². The molecule has 0 bridgehead atoms. The maximum absolute atomic E-state index is 3.49. The van der Waals surface area contributed by atoms with Crippen LogP contribution in [-0.2, 0) is 0 Å². The molecule has 0 saturated heterocycles. The smallest absolute Gasteiger partial charge is 0.139 e. The third-order valence-electron chi connectivity index (χ3n) is 1.96. The predicted octanol–water partition coefficient (Wildman–Crippen LogP) is 2.17. The molecule has 1 rings (SSSR count). The van der Waals surface area contributed by atoms with Crippen LogP contribution < -0.4 is 5.19 Å². The molecule has 0 heterocycles. The summed E-state index contributed by atoms with van der Waals surface area (Å²) < 4.78 is 0. The summed E-state index contributed by atoms with van der Waals surface area (Å²) in [5.41, 5.74) is 6.96. The van der Waals surface area contributed by atoms with Crippen molar-refractivity contribution < 1.29 is 0 Å². The summed E-state index contributed by atoms with van der Waals surface area (Å²) in [5.74, 6) is 0. The molecule has 1 unspecified atom stereocenters. The Morgan fingerprint density at radius 3 is 2.14 bits per heavy atom. The second-order valence-electron chi connectivity index (χ2n) is 4.65. The minimum atomic E-state index is -1.18. The molecule has 1 aromatic carbocycles. The third kappa shape index (κ3) is 3.95. The lowest BCUT2D eigenvalue weighted by Crippen LogP contribution is -2.26. The van der Waals surface area contributed by atoms with Crippen molar-refractivity contribution in [1.82, 2.24) is 0 Å². The maximum atomic E-state index is 3.49. The van der Waals surface area contributed by atoms with Crippen LogP contribution in [0.25, 0.3) is 0 Å². The van der Waals surface area contributed by atoms with E-state index in [1.807, 2.05) is 0 Å². The van der Waals surface area contributed by atoms with Gasteiger partial charge in [0.25, 0.3) is 0 Å². The minimum Gasteiger partial charge on any atom is -0.139 e. The van der Waals surface area contributed by atoms with E-state index in [9.17, 15) is 0 Å². The summed E-state index contributed by atoms with van der Waals surface area (Å²) in [4.78, 5) is 0. The Morgan fingerprint density at radius 2 is 1.64 bits per heavy atom. The van der Waals surface area contributed by atoms with E-state index in [4.69, 9.17) is 0 Å². The van der Waals surface area contributed by atoms with Gasteiger partial charge in [0, 0.05) is 0 Å². The molecule has 1 atom stereocenters. The van der Waals surface area contributed by atoms with Gasteiger partial charge in [-0.05, 0) is 5.19 Å². The zero-order chi connectivity index (χ0) is 10.6. The van der Waals surface area contributed by atoms with Gasteiger partial charge in [-0.25, -0.2) is 0 Å². The molecule has 0 amide bonds. The summed E-state index contributed by atoms with van der Waals surface area (Å²) in [5, 5.41) is 1.46. The molecule has 0 saturated carbocycles. The molecule has 0 aliphatic heterocycles. The highest BCUT2D eigenvalue weighted by molar-refractivity contribution is 6.87. The highest BCUT2D eigenvalue weighted by Crippen LogP contribution is 1.96.